The van der Waals surface area contributed by atoms with Gasteiger partial charge in [0.1, 0.15) is 5.75 Å². The van der Waals surface area contributed by atoms with E-state index in [4.69, 9.17) is 5.73 Å². The maximum Gasteiger partial charge on any atom is 0.115 e. The van der Waals surface area contributed by atoms with Crippen molar-refractivity contribution in [2.45, 2.75) is 6.61 Å². The molecule has 0 spiro atoms. The Morgan fingerprint density at radius 3 is 2.31 bits per heavy atom. The Kier molecular flexibility index (Phi) is 2.79. The third-order valence-electron chi connectivity index (χ3n) is 2.48. The van der Waals surface area contributed by atoms with Gasteiger partial charge in [-0.2, -0.15) is 0 Å². The predicted molar refractivity (Wildman–Crippen MR) is 63.9 cm³/mol. The van der Waals surface area contributed by atoms with E-state index >= 15 is 0 Å². The molecular weight excluding hydrogens is 202 g/mol. The Balaban J connectivity index is 2.51. The van der Waals surface area contributed by atoms with Crippen molar-refractivity contribution >= 4 is 5.69 Å². The van der Waals surface area contributed by atoms with E-state index in [9.17, 15) is 10.2 Å². The van der Waals surface area contributed by atoms with Crippen LogP contribution in [-0.4, -0.2) is 10.2 Å². The van der Waals surface area contributed by atoms with E-state index in [-0.39, 0.29) is 12.4 Å². The molecule has 4 N–H and O–H groups in total. The highest BCUT2D eigenvalue weighted by atomic mass is 16.3. The normalized spacial score (nSPS) is 10.3. The second kappa shape index (κ2) is 4.24. The van der Waals surface area contributed by atoms with Crippen LogP contribution in [0.1, 0.15) is 5.56 Å². The summed E-state index contributed by atoms with van der Waals surface area (Å²) < 4.78 is 0. The molecular formula is C13H13NO2. The molecule has 0 amide bonds. The summed E-state index contributed by atoms with van der Waals surface area (Å²) in [6, 6.07) is 12.3. The number of rotatable bonds is 2. The lowest BCUT2D eigenvalue weighted by Crippen LogP contribution is -1.92. The van der Waals surface area contributed by atoms with Crippen LogP contribution in [0.3, 0.4) is 0 Å². The molecule has 0 aliphatic carbocycles. The van der Waals surface area contributed by atoms with Gasteiger partial charge >= 0.3 is 0 Å². The Morgan fingerprint density at radius 1 is 1.00 bits per heavy atom. The monoisotopic (exact) mass is 215 g/mol. The smallest absolute Gasteiger partial charge is 0.115 e. The van der Waals surface area contributed by atoms with Gasteiger partial charge in [0.15, 0.2) is 0 Å². The van der Waals surface area contributed by atoms with Crippen LogP contribution in [0.5, 0.6) is 5.75 Å². The molecule has 0 fully saturated rings. The van der Waals surface area contributed by atoms with Crippen LogP contribution < -0.4 is 5.73 Å². The van der Waals surface area contributed by atoms with E-state index in [2.05, 4.69) is 0 Å². The van der Waals surface area contributed by atoms with Gasteiger partial charge in [-0.05, 0) is 41.0 Å². The first-order valence-electron chi connectivity index (χ1n) is 4.99. The first-order valence-corrected chi connectivity index (χ1v) is 4.99. The minimum Gasteiger partial charge on any atom is -0.508 e. The van der Waals surface area contributed by atoms with Crippen LogP contribution in [0.15, 0.2) is 42.5 Å². The van der Waals surface area contributed by atoms with Crippen molar-refractivity contribution < 1.29 is 10.2 Å². The largest absolute Gasteiger partial charge is 0.508 e. The number of aliphatic hydroxyl groups excluding tert-OH is 1. The SMILES string of the molecule is Nc1ccc(-c2ccc(O)cc2)c(CO)c1. The van der Waals surface area contributed by atoms with E-state index in [1.807, 2.05) is 6.07 Å². The van der Waals surface area contributed by atoms with Crippen molar-refractivity contribution in [1.29, 1.82) is 0 Å². The summed E-state index contributed by atoms with van der Waals surface area (Å²) in [5.41, 5.74) is 8.94. The molecule has 0 radical (unpaired) electrons. The first kappa shape index (κ1) is 10.5. The molecule has 3 heteroatoms. The quantitative estimate of drug-likeness (QED) is 0.672. The third-order valence-corrected chi connectivity index (χ3v) is 2.48. The Bertz CT molecular complexity index is 492. The molecule has 0 aliphatic rings. The average Bonchev–Trinajstić information content (AvgIpc) is 2.30. The second-order valence-electron chi connectivity index (χ2n) is 3.62. The number of benzene rings is 2. The highest BCUT2D eigenvalue weighted by Crippen LogP contribution is 2.27. The van der Waals surface area contributed by atoms with E-state index < -0.39 is 0 Å². The molecule has 16 heavy (non-hydrogen) atoms. The number of nitrogen functional groups attached to an aromatic ring is 1. The van der Waals surface area contributed by atoms with Gasteiger partial charge < -0.3 is 15.9 Å². The average molecular weight is 215 g/mol. The standard InChI is InChI=1S/C13H13NO2/c14-11-3-6-13(10(7-11)8-15)9-1-4-12(16)5-2-9/h1-7,15-16H,8,14H2. The minimum absolute atomic E-state index is 0.0543. The molecule has 82 valence electrons. The summed E-state index contributed by atoms with van der Waals surface area (Å²) in [5, 5.41) is 18.5. The number of hydrogen-bond acceptors (Lipinski definition) is 3. The Hall–Kier alpha value is -2.00. The van der Waals surface area contributed by atoms with E-state index in [1.54, 1.807) is 36.4 Å². The Morgan fingerprint density at radius 2 is 1.69 bits per heavy atom. The highest BCUT2D eigenvalue weighted by molar-refractivity contribution is 5.70. The molecule has 2 aromatic carbocycles. The van der Waals surface area contributed by atoms with Gasteiger partial charge in [-0.3, -0.25) is 0 Å². The Labute approximate surface area is 93.8 Å². The van der Waals surface area contributed by atoms with Crippen LogP contribution in [0, 0.1) is 0 Å². The molecule has 0 unspecified atom stereocenters. The van der Waals surface area contributed by atoms with Crippen molar-refractivity contribution in [3.05, 3.63) is 48.0 Å². The van der Waals surface area contributed by atoms with Crippen LogP contribution >= 0.6 is 0 Å². The summed E-state index contributed by atoms with van der Waals surface area (Å²) in [7, 11) is 0. The molecule has 0 aliphatic heterocycles. The first-order chi connectivity index (χ1) is 7.70. The third kappa shape index (κ3) is 1.99. The number of phenols is 1. The van der Waals surface area contributed by atoms with Crippen molar-refractivity contribution in [3.8, 4) is 16.9 Å². The minimum atomic E-state index is -0.0543. The second-order valence-corrected chi connectivity index (χ2v) is 3.62. The van der Waals surface area contributed by atoms with Crippen LogP contribution in [0.25, 0.3) is 11.1 Å². The van der Waals surface area contributed by atoms with Gasteiger partial charge in [0.05, 0.1) is 6.61 Å². The van der Waals surface area contributed by atoms with Gasteiger partial charge in [-0.25, -0.2) is 0 Å². The number of aliphatic hydroxyl groups is 1. The van der Waals surface area contributed by atoms with Crippen molar-refractivity contribution in [1.82, 2.24) is 0 Å². The lowest BCUT2D eigenvalue weighted by Gasteiger charge is -2.08. The molecule has 0 saturated heterocycles. The lowest BCUT2D eigenvalue weighted by molar-refractivity contribution is 0.282. The molecule has 0 saturated carbocycles. The topological polar surface area (TPSA) is 66.5 Å². The van der Waals surface area contributed by atoms with Crippen molar-refractivity contribution in [2.75, 3.05) is 5.73 Å². The van der Waals surface area contributed by atoms with Gasteiger partial charge in [-0.15, -0.1) is 0 Å². The summed E-state index contributed by atoms with van der Waals surface area (Å²) in [6.45, 7) is -0.0543. The van der Waals surface area contributed by atoms with Crippen molar-refractivity contribution in [3.63, 3.8) is 0 Å². The molecule has 0 bridgehead atoms. The fraction of sp³-hybridized carbons (Fsp3) is 0.0769. The van der Waals surface area contributed by atoms with E-state index in [0.717, 1.165) is 16.7 Å². The zero-order valence-electron chi connectivity index (χ0n) is 8.72. The number of anilines is 1. The van der Waals surface area contributed by atoms with Gasteiger partial charge in [-0.1, -0.05) is 18.2 Å². The molecule has 2 aromatic rings. The van der Waals surface area contributed by atoms with Crippen LogP contribution in [0.2, 0.25) is 0 Å². The van der Waals surface area contributed by atoms with Crippen LogP contribution in [-0.2, 0) is 6.61 Å². The van der Waals surface area contributed by atoms with Gasteiger partial charge in [0, 0.05) is 5.69 Å². The lowest BCUT2D eigenvalue weighted by atomic mass is 9.99. The summed E-state index contributed by atoms with van der Waals surface area (Å²) in [4.78, 5) is 0. The molecule has 0 atom stereocenters. The van der Waals surface area contributed by atoms with Gasteiger partial charge in [0.25, 0.3) is 0 Å². The number of nitrogens with two attached hydrogens (primary N) is 1. The van der Waals surface area contributed by atoms with E-state index in [0.29, 0.717) is 5.69 Å². The number of phenolic OH excluding ortho intramolecular Hbond substituents is 1. The molecule has 0 aromatic heterocycles. The van der Waals surface area contributed by atoms with Crippen LogP contribution in [0.4, 0.5) is 5.69 Å². The fourth-order valence-corrected chi connectivity index (χ4v) is 1.67. The molecule has 0 heterocycles. The summed E-state index contributed by atoms with van der Waals surface area (Å²) >= 11 is 0. The maximum absolute atomic E-state index is 9.25. The zero-order valence-corrected chi connectivity index (χ0v) is 8.72. The molecule has 3 nitrogen and oxygen atoms in total. The van der Waals surface area contributed by atoms with Crippen molar-refractivity contribution in [2.24, 2.45) is 0 Å². The highest BCUT2D eigenvalue weighted by Gasteiger charge is 2.04. The molecule has 2 rings (SSSR count). The number of aromatic hydroxyl groups is 1. The fourth-order valence-electron chi connectivity index (χ4n) is 1.67. The van der Waals surface area contributed by atoms with Gasteiger partial charge in [0.2, 0.25) is 0 Å². The maximum atomic E-state index is 9.25. The predicted octanol–water partition coefficient (Wildman–Crippen LogP) is 2.13. The summed E-state index contributed by atoms with van der Waals surface area (Å²) in [5.74, 6) is 0.227. The van der Waals surface area contributed by atoms with E-state index in [1.165, 1.54) is 0 Å². The summed E-state index contributed by atoms with van der Waals surface area (Å²) in [6.07, 6.45) is 0. The zero-order chi connectivity index (χ0) is 11.5. The number of hydrogen-bond donors (Lipinski definition) is 3.